The van der Waals surface area contributed by atoms with Crippen LogP contribution in [0.3, 0.4) is 0 Å². The van der Waals surface area contributed by atoms with Gasteiger partial charge in [0.2, 0.25) is 0 Å². The third-order valence-corrected chi connectivity index (χ3v) is 6.78. The summed E-state index contributed by atoms with van der Waals surface area (Å²) in [6, 6.07) is 19.9. The van der Waals surface area contributed by atoms with E-state index in [-0.39, 0.29) is 10.6 Å². The maximum absolute atomic E-state index is 12.8. The fraction of sp³-hybridized carbons (Fsp3) is 0.174. The fourth-order valence-electron chi connectivity index (χ4n) is 3.49. The van der Waals surface area contributed by atoms with Crippen LogP contribution in [0.15, 0.2) is 71.6 Å². The molecule has 160 valence electrons. The minimum absolute atomic E-state index is 0.00609. The molecule has 1 heterocycles. The molecule has 6 nitrogen and oxygen atoms in total. The number of ether oxygens (including phenoxy) is 1. The van der Waals surface area contributed by atoms with Crippen LogP contribution < -0.4 is 9.46 Å². The first-order chi connectivity index (χ1) is 14.9. The summed E-state index contributed by atoms with van der Waals surface area (Å²) in [5.74, 6) is 1.25. The van der Waals surface area contributed by atoms with Crippen molar-refractivity contribution >= 4 is 38.3 Å². The maximum Gasteiger partial charge on any atom is 0.265 e. The van der Waals surface area contributed by atoms with Gasteiger partial charge in [-0.2, -0.15) is 0 Å². The summed E-state index contributed by atoms with van der Waals surface area (Å²) < 4.78 is 35.4. The van der Waals surface area contributed by atoms with E-state index in [4.69, 9.17) is 21.3 Å². The van der Waals surface area contributed by atoms with Gasteiger partial charge in [0, 0.05) is 24.2 Å². The molecule has 4 aromatic rings. The first-order valence-electron chi connectivity index (χ1n) is 9.73. The molecule has 0 aliphatic carbocycles. The van der Waals surface area contributed by atoms with Gasteiger partial charge in [-0.05, 0) is 54.4 Å². The number of nitrogens with one attached hydrogen (secondary N) is 1. The summed E-state index contributed by atoms with van der Waals surface area (Å²) >= 11 is 5.97. The molecule has 0 aliphatic heterocycles. The number of rotatable bonds is 7. The summed E-state index contributed by atoms with van der Waals surface area (Å²) in [6.07, 6.45) is 1.59. The minimum Gasteiger partial charge on any atom is -0.495 e. The van der Waals surface area contributed by atoms with Crippen molar-refractivity contribution < 1.29 is 13.2 Å². The van der Waals surface area contributed by atoms with Gasteiger partial charge in [-0.3, -0.25) is 4.72 Å². The van der Waals surface area contributed by atoms with E-state index >= 15 is 0 Å². The molecule has 0 radical (unpaired) electrons. The van der Waals surface area contributed by atoms with Gasteiger partial charge in [0.25, 0.3) is 10.0 Å². The monoisotopic (exact) mass is 455 g/mol. The lowest BCUT2D eigenvalue weighted by Gasteiger charge is -2.12. The van der Waals surface area contributed by atoms with Gasteiger partial charge in [0.15, 0.2) is 0 Å². The van der Waals surface area contributed by atoms with Gasteiger partial charge >= 0.3 is 0 Å². The molecule has 31 heavy (non-hydrogen) atoms. The van der Waals surface area contributed by atoms with Gasteiger partial charge in [-0.1, -0.05) is 35.9 Å². The number of halogens is 1. The average Bonchev–Trinajstić information content (AvgIpc) is 3.09. The number of benzene rings is 3. The van der Waals surface area contributed by atoms with Crippen LogP contribution >= 0.6 is 11.6 Å². The molecular weight excluding hydrogens is 434 g/mol. The highest BCUT2D eigenvalue weighted by Gasteiger charge is 2.20. The van der Waals surface area contributed by atoms with Crippen LogP contribution in [0.1, 0.15) is 11.4 Å². The molecule has 0 atom stereocenters. The second-order valence-corrected chi connectivity index (χ2v) is 9.26. The van der Waals surface area contributed by atoms with E-state index in [1.165, 1.54) is 19.2 Å². The number of hydrogen-bond donors (Lipinski definition) is 1. The Morgan fingerprint density at radius 1 is 1.03 bits per heavy atom. The summed E-state index contributed by atoms with van der Waals surface area (Å²) in [6.45, 7) is 0. The van der Waals surface area contributed by atoms with E-state index in [9.17, 15) is 8.42 Å². The molecule has 0 saturated heterocycles. The van der Waals surface area contributed by atoms with E-state index in [0.717, 1.165) is 35.3 Å². The Kier molecular flexibility index (Phi) is 5.89. The Morgan fingerprint density at radius 2 is 1.77 bits per heavy atom. The molecule has 1 aromatic heterocycles. The number of anilines is 1. The van der Waals surface area contributed by atoms with Crippen molar-refractivity contribution in [3.63, 3.8) is 0 Å². The van der Waals surface area contributed by atoms with Crippen LogP contribution in [-0.4, -0.2) is 25.1 Å². The molecule has 0 saturated carbocycles. The molecule has 4 rings (SSSR count). The quantitative estimate of drug-likeness (QED) is 0.433. The van der Waals surface area contributed by atoms with Crippen LogP contribution in [0.4, 0.5) is 5.69 Å². The van der Waals surface area contributed by atoms with E-state index < -0.39 is 10.0 Å². The standard InChI is InChI=1S/C23H22ClN3O3S/c1-27-20-6-4-3-5-19(20)25-23(27)14-9-16-7-11-18(12-8-16)26-31(28,29)22-15-17(24)10-13-21(22)30-2/h3-8,10-13,15,26H,9,14H2,1-2H3. The van der Waals surface area contributed by atoms with Crippen LogP contribution in [0.5, 0.6) is 5.75 Å². The van der Waals surface area contributed by atoms with Crippen LogP contribution in [0, 0.1) is 0 Å². The Morgan fingerprint density at radius 3 is 2.48 bits per heavy atom. The predicted octanol–water partition coefficient (Wildman–Crippen LogP) is 4.82. The normalized spacial score (nSPS) is 11.6. The molecule has 8 heteroatoms. The largest absolute Gasteiger partial charge is 0.495 e. The Labute approximate surface area is 186 Å². The minimum atomic E-state index is -3.84. The lowest BCUT2D eigenvalue weighted by molar-refractivity contribution is 0.403. The van der Waals surface area contributed by atoms with Gasteiger partial charge in [0.05, 0.1) is 18.1 Å². The second kappa shape index (κ2) is 8.61. The van der Waals surface area contributed by atoms with Gasteiger partial charge < -0.3 is 9.30 Å². The topological polar surface area (TPSA) is 73.2 Å². The lowest BCUT2D eigenvalue weighted by atomic mass is 10.1. The zero-order chi connectivity index (χ0) is 22.0. The average molecular weight is 456 g/mol. The SMILES string of the molecule is COc1ccc(Cl)cc1S(=O)(=O)Nc1ccc(CCc2nc3ccccc3n2C)cc1. The smallest absolute Gasteiger partial charge is 0.265 e. The highest BCUT2D eigenvalue weighted by molar-refractivity contribution is 7.92. The molecule has 0 bridgehead atoms. The first-order valence-corrected chi connectivity index (χ1v) is 11.6. The molecule has 3 aromatic carbocycles. The third kappa shape index (κ3) is 4.52. The van der Waals surface area contributed by atoms with Gasteiger partial charge in [-0.15, -0.1) is 0 Å². The Balaban J connectivity index is 1.47. The summed E-state index contributed by atoms with van der Waals surface area (Å²) in [5.41, 5.74) is 3.66. The maximum atomic E-state index is 12.8. The molecule has 0 fully saturated rings. The van der Waals surface area contributed by atoms with Crippen molar-refractivity contribution in [2.45, 2.75) is 17.7 Å². The number of fused-ring (bicyclic) bond motifs is 1. The molecule has 0 unspecified atom stereocenters. The summed E-state index contributed by atoms with van der Waals surface area (Å²) in [7, 11) is -0.401. The number of aromatic nitrogens is 2. The Bertz CT molecular complexity index is 1330. The van der Waals surface area contributed by atoms with Crippen molar-refractivity contribution in [1.29, 1.82) is 0 Å². The molecule has 0 amide bonds. The molecular formula is C23H22ClN3O3S. The van der Waals surface area contributed by atoms with E-state index in [1.54, 1.807) is 18.2 Å². The van der Waals surface area contributed by atoms with E-state index in [2.05, 4.69) is 15.4 Å². The van der Waals surface area contributed by atoms with Crippen molar-refractivity contribution in [3.8, 4) is 5.75 Å². The van der Waals surface area contributed by atoms with Gasteiger partial charge in [-0.25, -0.2) is 13.4 Å². The Hall–Kier alpha value is -3.03. The number of hydrogen-bond acceptors (Lipinski definition) is 4. The van der Waals surface area contributed by atoms with Gasteiger partial charge in [0.1, 0.15) is 16.5 Å². The number of methoxy groups -OCH3 is 1. The zero-order valence-corrected chi connectivity index (χ0v) is 18.7. The number of para-hydroxylation sites is 2. The highest BCUT2D eigenvalue weighted by atomic mass is 35.5. The fourth-order valence-corrected chi connectivity index (χ4v) is 4.98. The van der Waals surface area contributed by atoms with Crippen molar-refractivity contribution in [3.05, 3.63) is 83.1 Å². The van der Waals surface area contributed by atoms with Crippen molar-refractivity contribution in [1.82, 2.24) is 9.55 Å². The lowest BCUT2D eigenvalue weighted by Crippen LogP contribution is -2.14. The summed E-state index contributed by atoms with van der Waals surface area (Å²) in [4.78, 5) is 4.69. The van der Waals surface area contributed by atoms with Crippen molar-refractivity contribution in [2.75, 3.05) is 11.8 Å². The van der Waals surface area contributed by atoms with Crippen LogP contribution in [0.2, 0.25) is 5.02 Å². The molecule has 0 spiro atoms. The van der Waals surface area contributed by atoms with Crippen LogP contribution in [-0.2, 0) is 29.9 Å². The third-order valence-electron chi connectivity index (χ3n) is 5.14. The number of sulfonamides is 1. The second-order valence-electron chi connectivity index (χ2n) is 7.17. The zero-order valence-electron chi connectivity index (χ0n) is 17.2. The van der Waals surface area contributed by atoms with E-state index in [0.29, 0.717) is 10.7 Å². The molecule has 1 N–H and O–H groups in total. The number of imidazole rings is 1. The molecule has 0 aliphatic rings. The summed E-state index contributed by atoms with van der Waals surface area (Å²) in [5, 5.41) is 0.318. The predicted molar refractivity (Wildman–Crippen MR) is 123 cm³/mol. The van der Waals surface area contributed by atoms with Crippen LogP contribution in [0.25, 0.3) is 11.0 Å². The first kappa shape index (κ1) is 21.2. The number of aryl methyl sites for hydroxylation is 3. The number of nitrogens with zero attached hydrogens (tertiary/aromatic N) is 2. The van der Waals surface area contributed by atoms with E-state index in [1.807, 2.05) is 37.4 Å². The highest BCUT2D eigenvalue weighted by Crippen LogP contribution is 2.29. The van der Waals surface area contributed by atoms with Crippen molar-refractivity contribution in [2.24, 2.45) is 7.05 Å².